The van der Waals surface area contributed by atoms with E-state index in [0.29, 0.717) is 10.6 Å². The van der Waals surface area contributed by atoms with Crippen LogP contribution in [0.1, 0.15) is 31.9 Å². The van der Waals surface area contributed by atoms with Crippen LogP contribution in [0.4, 0.5) is 4.79 Å². The number of hydrogen-bond acceptors (Lipinski definition) is 4. The van der Waals surface area contributed by atoms with Crippen LogP contribution in [0.15, 0.2) is 24.3 Å². The van der Waals surface area contributed by atoms with Crippen LogP contribution in [0.3, 0.4) is 0 Å². The lowest BCUT2D eigenvalue weighted by atomic mass is 10.0. The maximum absolute atomic E-state index is 11.8. The Kier molecular flexibility index (Phi) is 7.34. The summed E-state index contributed by atoms with van der Waals surface area (Å²) in [5.41, 5.74) is 5.77. The monoisotopic (exact) mass is 341 g/mol. The molecule has 0 aliphatic heterocycles. The van der Waals surface area contributed by atoms with E-state index in [1.165, 1.54) is 0 Å². The summed E-state index contributed by atoms with van der Waals surface area (Å²) in [4.78, 5) is 34.4. The van der Waals surface area contributed by atoms with Gasteiger partial charge in [0.25, 0.3) is 5.91 Å². The number of rotatable bonds is 7. The number of carbonyl (C=O) groups is 3. The van der Waals surface area contributed by atoms with Gasteiger partial charge in [-0.2, -0.15) is 0 Å². The van der Waals surface area contributed by atoms with Crippen molar-refractivity contribution in [3.8, 4) is 0 Å². The van der Waals surface area contributed by atoms with Crippen molar-refractivity contribution in [1.29, 1.82) is 0 Å². The van der Waals surface area contributed by atoms with Crippen molar-refractivity contribution in [3.63, 3.8) is 0 Å². The Hall–Kier alpha value is -2.28. The molecule has 126 valence electrons. The van der Waals surface area contributed by atoms with Crippen molar-refractivity contribution < 1.29 is 19.1 Å². The fourth-order valence-electron chi connectivity index (χ4n) is 1.85. The lowest BCUT2D eigenvalue weighted by molar-refractivity contribution is -0.149. The molecule has 0 aromatic heterocycles. The number of nitrogens with one attached hydrogen (secondary N) is 2. The predicted octanol–water partition coefficient (Wildman–Crippen LogP) is 1.51. The maximum Gasteiger partial charge on any atom is 0.312 e. The Morgan fingerprint density at radius 2 is 1.78 bits per heavy atom. The van der Waals surface area contributed by atoms with Gasteiger partial charge in [-0.3, -0.25) is 9.59 Å². The van der Waals surface area contributed by atoms with E-state index >= 15 is 0 Å². The summed E-state index contributed by atoms with van der Waals surface area (Å²) in [7, 11) is 0. The molecule has 1 rings (SSSR count). The SMILES string of the molecule is CC(C)NC(=O)COC(=O)C[C@@H](NC(N)=O)c1ccc(Cl)cc1. The summed E-state index contributed by atoms with van der Waals surface area (Å²) in [6.07, 6.45) is -0.153. The van der Waals surface area contributed by atoms with Gasteiger partial charge in [0.2, 0.25) is 0 Å². The molecule has 1 atom stereocenters. The fraction of sp³-hybridized carbons (Fsp3) is 0.400. The van der Waals surface area contributed by atoms with Gasteiger partial charge in [0, 0.05) is 11.1 Å². The third kappa shape index (κ3) is 7.51. The van der Waals surface area contributed by atoms with Gasteiger partial charge < -0.3 is 21.1 Å². The molecule has 0 saturated heterocycles. The van der Waals surface area contributed by atoms with Gasteiger partial charge >= 0.3 is 12.0 Å². The Morgan fingerprint density at radius 3 is 2.30 bits per heavy atom. The molecular weight excluding hydrogens is 322 g/mol. The second-order valence-corrected chi connectivity index (χ2v) is 5.64. The summed E-state index contributed by atoms with van der Waals surface area (Å²) in [5, 5.41) is 5.59. The van der Waals surface area contributed by atoms with Gasteiger partial charge in [0.05, 0.1) is 12.5 Å². The molecule has 0 bridgehead atoms. The van der Waals surface area contributed by atoms with Gasteiger partial charge in [-0.25, -0.2) is 4.79 Å². The van der Waals surface area contributed by atoms with Crippen molar-refractivity contribution in [2.24, 2.45) is 5.73 Å². The van der Waals surface area contributed by atoms with Gasteiger partial charge in [-0.15, -0.1) is 0 Å². The van der Waals surface area contributed by atoms with Gasteiger partial charge in [-0.1, -0.05) is 23.7 Å². The normalized spacial score (nSPS) is 11.7. The van der Waals surface area contributed by atoms with Crippen LogP contribution in [-0.4, -0.2) is 30.6 Å². The maximum atomic E-state index is 11.8. The Labute approximate surface area is 139 Å². The van der Waals surface area contributed by atoms with Crippen molar-refractivity contribution in [2.75, 3.05) is 6.61 Å². The van der Waals surface area contributed by atoms with Crippen LogP contribution in [-0.2, 0) is 14.3 Å². The summed E-state index contributed by atoms with van der Waals surface area (Å²) < 4.78 is 4.89. The van der Waals surface area contributed by atoms with E-state index < -0.39 is 18.0 Å². The minimum atomic E-state index is -0.768. The first-order valence-electron chi connectivity index (χ1n) is 7.04. The van der Waals surface area contributed by atoms with Crippen LogP contribution in [0.5, 0.6) is 0 Å². The number of esters is 1. The van der Waals surface area contributed by atoms with Crippen LogP contribution in [0.25, 0.3) is 0 Å². The lowest BCUT2D eigenvalue weighted by Gasteiger charge is -2.17. The second-order valence-electron chi connectivity index (χ2n) is 5.20. The first-order chi connectivity index (χ1) is 10.8. The topological polar surface area (TPSA) is 111 Å². The first kappa shape index (κ1) is 18.8. The standard InChI is InChI=1S/C15H20ClN3O4/c1-9(2)18-13(20)8-23-14(21)7-12(19-15(17)22)10-3-5-11(16)6-4-10/h3-6,9,12H,7-8H2,1-2H3,(H,18,20)(H3,17,19,22)/t12-/m1/s1. The molecule has 0 radical (unpaired) electrons. The molecule has 1 aromatic carbocycles. The molecule has 0 saturated carbocycles. The molecule has 7 nitrogen and oxygen atoms in total. The number of halogens is 1. The van der Waals surface area contributed by atoms with E-state index in [2.05, 4.69) is 10.6 Å². The predicted molar refractivity (Wildman–Crippen MR) is 85.8 cm³/mol. The third-order valence-corrected chi connectivity index (χ3v) is 3.03. The van der Waals surface area contributed by atoms with Crippen LogP contribution < -0.4 is 16.4 Å². The number of carbonyl (C=O) groups excluding carboxylic acids is 3. The zero-order chi connectivity index (χ0) is 17.4. The summed E-state index contributed by atoms with van der Waals surface area (Å²) in [6, 6.07) is 5.13. The third-order valence-electron chi connectivity index (χ3n) is 2.77. The smallest absolute Gasteiger partial charge is 0.312 e. The van der Waals surface area contributed by atoms with Gasteiger partial charge in [0.15, 0.2) is 6.61 Å². The molecule has 23 heavy (non-hydrogen) atoms. The molecule has 0 aliphatic rings. The highest BCUT2D eigenvalue weighted by molar-refractivity contribution is 6.30. The minimum absolute atomic E-state index is 0.0421. The number of amides is 3. The van der Waals surface area contributed by atoms with E-state index in [4.69, 9.17) is 22.1 Å². The van der Waals surface area contributed by atoms with E-state index in [0.717, 1.165) is 0 Å². The van der Waals surface area contributed by atoms with E-state index in [1.54, 1.807) is 38.1 Å². The lowest BCUT2D eigenvalue weighted by Crippen LogP contribution is -2.36. The average Bonchev–Trinajstić information content (AvgIpc) is 2.44. The van der Waals surface area contributed by atoms with Crippen molar-refractivity contribution in [2.45, 2.75) is 32.4 Å². The summed E-state index contributed by atoms with van der Waals surface area (Å²) in [5.74, 6) is -1.02. The molecule has 0 heterocycles. The Balaban J connectivity index is 2.63. The van der Waals surface area contributed by atoms with Gasteiger partial charge in [0.1, 0.15) is 0 Å². The molecule has 8 heteroatoms. The molecule has 1 aromatic rings. The number of urea groups is 1. The number of hydrogen-bond donors (Lipinski definition) is 3. The fourth-order valence-corrected chi connectivity index (χ4v) is 1.98. The molecule has 0 aliphatic carbocycles. The van der Waals surface area contributed by atoms with E-state index in [1.807, 2.05) is 0 Å². The zero-order valence-corrected chi connectivity index (χ0v) is 13.7. The number of ether oxygens (including phenoxy) is 1. The van der Waals surface area contributed by atoms with E-state index in [-0.39, 0.29) is 25.0 Å². The Bertz CT molecular complexity index is 560. The van der Waals surface area contributed by atoms with Gasteiger partial charge in [-0.05, 0) is 31.5 Å². The first-order valence-corrected chi connectivity index (χ1v) is 7.42. The van der Waals surface area contributed by atoms with Crippen LogP contribution in [0.2, 0.25) is 5.02 Å². The minimum Gasteiger partial charge on any atom is -0.456 e. The largest absolute Gasteiger partial charge is 0.456 e. The number of benzene rings is 1. The molecule has 4 N–H and O–H groups in total. The number of nitrogens with two attached hydrogens (primary N) is 1. The average molecular weight is 342 g/mol. The molecule has 0 unspecified atom stereocenters. The summed E-state index contributed by atoms with van der Waals surface area (Å²) >= 11 is 5.81. The Morgan fingerprint density at radius 1 is 1.17 bits per heavy atom. The second kappa shape index (κ2) is 8.99. The highest BCUT2D eigenvalue weighted by atomic mass is 35.5. The highest BCUT2D eigenvalue weighted by Gasteiger charge is 2.19. The zero-order valence-electron chi connectivity index (χ0n) is 13.0. The van der Waals surface area contributed by atoms with Crippen LogP contribution in [0, 0.1) is 0 Å². The molecule has 0 fully saturated rings. The van der Waals surface area contributed by atoms with Crippen LogP contribution >= 0.6 is 11.6 Å². The molecule has 3 amide bonds. The van der Waals surface area contributed by atoms with Crippen molar-refractivity contribution >= 4 is 29.5 Å². The quantitative estimate of drug-likeness (QED) is 0.653. The van der Waals surface area contributed by atoms with Crippen molar-refractivity contribution in [1.82, 2.24) is 10.6 Å². The molecule has 0 spiro atoms. The number of primary amides is 1. The molecular formula is C15H20ClN3O4. The van der Waals surface area contributed by atoms with Crippen molar-refractivity contribution in [3.05, 3.63) is 34.9 Å². The summed E-state index contributed by atoms with van der Waals surface area (Å²) in [6.45, 7) is 3.22. The van der Waals surface area contributed by atoms with E-state index in [9.17, 15) is 14.4 Å². The highest BCUT2D eigenvalue weighted by Crippen LogP contribution is 2.19.